The molecule has 142 valence electrons. The van der Waals surface area contributed by atoms with E-state index >= 15 is 0 Å². The quantitative estimate of drug-likeness (QED) is 0.876. The second-order valence-electron chi connectivity index (χ2n) is 7.08. The maximum absolute atomic E-state index is 13.2. The van der Waals surface area contributed by atoms with Crippen molar-refractivity contribution >= 4 is 11.9 Å². The van der Waals surface area contributed by atoms with Crippen molar-refractivity contribution in [2.45, 2.75) is 38.5 Å². The van der Waals surface area contributed by atoms with Crippen LogP contribution in [-0.2, 0) is 4.79 Å². The third-order valence-electron chi connectivity index (χ3n) is 5.41. The Hall–Kier alpha value is -2.66. The number of carbonyl (C=O) groups is 2. The Bertz CT molecular complexity index is 794. The van der Waals surface area contributed by atoms with E-state index in [1.807, 2.05) is 67.6 Å². The summed E-state index contributed by atoms with van der Waals surface area (Å²) in [6.45, 7) is 3.51. The summed E-state index contributed by atoms with van der Waals surface area (Å²) in [5.41, 5.74) is 1.87. The minimum Gasteiger partial charge on any atom is -0.392 e. The van der Waals surface area contributed by atoms with Crippen molar-refractivity contribution in [1.82, 2.24) is 9.80 Å². The van der Waals surface area contributed by atoms with Crippen LogP contribution in [0.5, 0.6) is 0 Å². The number of benzene rings is 2. The van der Waals surface area contributed by atoms with Crippen LogP contribution in [0.4, 0.5) is 4.79 Å². The van der Waals surface area contributed by atoms with E-state index in [1.54, 1.807) is 18.9 Å². The fraction of sp³-hybridized carbons (Fsp3) is 0.364. The number of nitrogens with zero attached hydrogens (tertiary/aromatic N) is 2. The van der Waals surface area contributed by atoms with Gasteiger partial charge in [-0.1, -0.05) is 74.5 Å². The van der Waals surface area contributed by atoms with Gasteiger partial charge in [0, 0.05) is 7.05 Å². The fourth-order valence-corrected chi connectivity index (χ4v) is 3.77. The molecule has 2 aromatic rings. The van der Waals surface area contributed by atoms with Gasteiger partial charge in [-0.15, -0.1) is 0 Å². The molecule has 1 saturated heterocycles. The van der Waals surface area contributed by atoms with Crippen molar-refractivity contribution in [2.75, 3.05) is 7.05 Å². The number of aliphatic hydroxyl groups is 1. The number of hydrogen-bond donors (Lipinski definition) is 1. The van der Waals surface area contributed by atoms with Crippen LogP contribution in [0.1, 0.15) is 43.5 Å². The lowest BCUT2D eigenvalue weighted by atomic mass is 9.92. The van der Waals surface area contributed by atoms with Gasteiger partial charge < -0.3 is 10.0 Å². The number of hydrogen-bond acceptors (Lipinski definition) is 3. The molecule has 0 saturated carbocycles. The maximum Gasteiger partial charge on any atom is 0.327 e. The molecule has 0 spiro atoms. The zero-order valence-electron chi connectivity index (χ0n) is 15.9. The Balaban J connectivity index is 2.08. The van der Waals surface area contributed by atoms with Crippen molar-refractivity contribution in [1.29, 1.82) is 0 Å². The Kier molecular flexibility index (Phi) is 5.61. The van der Waals surface area contributed by atoms with Crippen molar-refractivity contribution in [3.8, 4) is 0 Å². The topological polar surface area (TPSA) is 60.9 Å². The average molecular weight is 366 g/mol. The average Bonchev–Trinajstić information content (AvgIpc) is 2.98. The van der Waals surface area contributed by atoms with Crippen LogP contribution in [0.2, 0.25) is 0 Å². The van der Waals surface area contributed by atoms with E-state index in [-0.39, 0.29) is 18.0 Å². The summed E-state index contributed by atoms with van der Waals surface area (Å²) in [6.07, 6.45) is -0.314. The molecule has 4 atom stereocenters. The summed E-state index contributed by atoms with van der Waals surface area (Å²) < 4.78 is 0. The van der Waals surface area contributed by atoms with Gasteiger partial charge in [-0.2, -0.15) is 0 Å². The first kappa shape index (κ1) is 19.1. The van der Waals surface area contributed by atoms with Gasteiger partial charge in [-0.05, 0) is 17.5 Å². The Morgan fingerprint density at radius 1 is 1.00 bits per heavy atom. The maximum atomic E-state index is 13.2. The molecule has 0 unspecified atom stereocenters. The van der Waals surface area contributed by atoms with E-state index in [9.17, 15) is 14.7 Å². The highest BCUT2D eigenvalue weighted by Gasteiger charge is 2.49. The lowest BCUT2D eigenvalue weighted by molar-refractivity contribution is -0.136. The Morgan fingerprint density at radius 2 is 1.48 bits per heavy atom. The molecule has 1 fully saturated rings. The highest BCUT2D eigenvalue weighted by molar-refractivity contribution is 5.98. The summed E-state index contributed by atoms with van der Waals surface area (Å²) in [7, 11) is 1.73. The van der Waals surface area contributed by atoms with E-state index in [0.717, 1.165) is 11.1 Å². The number of urea groups is 1. The van der Waals surface area contributed by atoms with Crippen molar-refractivity contribution in [2.24, 2.45) is 5.92 Å². The number of rotatable bonds is 5. The van der Waals surface area contributed by atoms with Crippen LogP contribution in [0.25, 0.3) is 0 Å². The van der Waals surface area contributed by atoms with Crippen molar-refractivity contribution in [3.05, 3.63) is 71.8 Å². The van der Waals surface area contributed by atoms with Crippen LogP contribution in [-0.4, -0.2) is 40.0 Å². The van der Waals surface area contributed by atoms with E-state index < -0.39 is 18.1 Å². The lowest BCUT2D eigenvalue weighted by Gasteiger charge is -2.29. The normalized spacial score (nSPS) is 22.0. The molecule has 0 aromatic heterocycles. The van der Waals surface area contributed by atoms with Crippen LogP contribution in [0.3, 0.4) is 0 Å². The van der Waals surface area contributed by atoms with Gasteiger partial charge in [-0.25, -0.2) is 4.79 Å². The largest absolute Gasteiger partial charge is 0.392 e. The fourth-order valence-electron chi connectivity index (χ4n) is 3.77. The van der Waals surface area contributed by atoms with Gasteiger partial charge in [0.15, 0.2) is 0 Å². The number of carbonyl (C=O) groups excluding carboxylic acids is 2. The zero-order valence-corrected chi connectivity index (χ0v) is 15.9. The molecule has 5 nitrogen and oxygen atoms in total. The lowest BCUT2D eigenvalue weighted by Crippen LogP contribution is -2.42. The van der Waals surface area contributed by atoms with E-state index in [2.05, 4.69) is 0 Å². The minimum absolute atomic E-state index is 0.281. The van der Waals surface area contributed by atoms with Gasteiger partial charge in [0.25, 0.3) is 0 Å². The third-order valence-corrected chi connectivity index (χ3v) is 5.41. The van der Waals surface area contributed by atoms with Gasteiger partial charge in [0.05, 0.1) is 24.1 Å². The van der Waals surface area contributed by atoms with E-state index in [0.29, 0.717) is 6.42 Å². The molecule has 1 aliphatic heterocycles. The summed E-state index contributed by atoms with van der Waals surface area (Å²) in [5, 5.41) is 10.2. The molecule has 0 aliphatic carbocycles. The van der Waals surface area contributed by atoms with Crippen LogP contribution in [0.15, 0.2) is 60.7 Å². The Morgan fingerprint density at radius 3 is 1.96 bits per heavy atom. The van der Waals surface area contributed by atoms with Crippen LogP contribution in [0, 0.1) is 5.92 Å². The predicted octanol–water partition coefficient (Wildman–Crippen LogP) is 3.77. The van der Waals surface area contributed by atoms with E-state index in [1.165, 1.54) is 4.90 Å². The molecule has 0 radical (unpaired) electrons. The molecule has 1 N–H and O–H groups in total. The van der Waals surface area contributed by atoms with Crippen LogP contribution < -0.4 is 0 Å². The first-order valence-electron chi connectivity index (χ1n) is 9.35. The monoisotopic (exact) mass is 366 g/mol. The number of likely N-dealkylation sites (N-methyl/N-ethyl adjacent to an activating group) is 1. The first-order chi connectivity index (χ1) is 13.0. The highest BCUT2D eigenvalue weighted by atomic mass is 16.3. The molecule has 5 heteroatoms. The second kappa shape index (κ2) is 7.92. The van der Waals surface area contributed by atoms with Gasteiger partial charge in [-0.3, -0.25) is 9.69 Å². The SMILES string of the molecule is CC[C@H](O)[C@H](C)C(=O)N1C(=O)N(C)[C@H](c2ccccc2)[C@H]1c1ccccc1. The standard InChI is InChI=1S/C22H26N2O3/c1-4-18(25)15(2)21(26)24-20(17-13-9-6-10-14-17)19(23(3)22(24)27)16-11-7-5-8-12-16/h5-15,18-20,25H,4H2,1-3H3/t15-,18-,19+,20+/m0/s1. The highest BCUT2D eigenvalue weighted by Crippen LogP contribution is 2.44. The van der Waals surface area contributed by atoms with Crippen molar-refractivity contribution < 1.29 is 14.7 Å². The molecule has 0 bridgehead atoms. The summed E-state index contributed by atoms with van der Waals surface area (Å²) in [6, 6.07) is 18.3. The number of imide groups is 1. The molecule has 1 heterocycles. The number of amides is 3. The van der Waals surface area contributed by atoms with Gasteiger partial charge in [0.2, 0.25) is 5.91 Å². The molecular weight excluding hydrogens is 340 g/mol. The summed E-state index contributed by atoms with van der Waals surface area (Å²) >= 11 is 0. The Labute approximate surface area is 160 Å². The minimum atomic E-state index is -0.775. The smallest absolute Gasteiger partial charge is 0.327 e. The van der Waals surface area contributed by atoms with E-state index in [4.69, 9.17) is 0 Å². The zero-order chi connectivity index (χ0) is 19.6. The van der Waals surface area contributed by atoms with Gasteiger partial charge in [0.1, 0.15) is 0 Å². The third kappa shape index (κ3) is 3.47. The molecule has 1 aliphatic rings. The number of aliphatic hydroxyl groups excluding tert-OH is 1. The molecular formula is C22H26N2O3. The molecule has 3 rings (SSSR count). The van der Waals surface area contributed by atoms with Gasteiger partial charge >= 0.3 is 6.03 Å². The van der Waals surface area contributed by atoms with Crippen molar-refractivity contribution in [3.63, 3.8) is 0 Å². The van der Waals surface area contributed by atoms with Crippen LogP contribution >= 0.6 is 0 Å². The molecule has 27 heavy (non-hydrogen) atoms. The molecule has 2 aromatic carbocycles. The second-order valence-corrected chi connectivity index (χ2v) is 7.08. The first-order valence-corrected chi connectivity index (χ1v) is 9.35. The summed E-state index contributed by atoms with van der Waals surface area (Å²) in [4.78, 5) is 29.2. The summed E-state index contributed by atoms with van der Waals surface area (Å²) in [5.74, 6) is -0.985. The molecule has 3 amide bonds. The predicted molar refractivity (Wildman–Crippen MR) is 104 cm³/mol.